The predicted octanol–water partition coefficient (Wildman–Crippen LogP) is 5.52. The highest BCUT2D eigenvalue weighted by Gasteiger charge is 2.23. The normalized spacial score (nSPS) is 17.9. The van der Waals surface area contributed by atoms with E-state index in [1.807, 2.05) is 42.9 Å². The van der Waals surface area contributed by atoms with Crippen LogP contribution in [-0.4, -0.2) is 49.4 Å². The number of hydrogen-bond acceptors (Lipinski definition) is 6. The first-order valence-electron chi connectivity index (χ1n) is 11.9. The van der Waals surface area contributed by atoms with E-state index in [-0.39, 0.29) is 12.2 Å². The number of nitriles is 1. The number of benzene rings is 2. The van der Waals surface area contributed by atoms with Gasteiger partial charge in [0.15, 0.2) is 0 Å². The van der Waals surface area contributed by atoms with Gasteiger partial charge >= 0.3 is 0 Å². The van der Waals surface area contributed by atoms with Gasteiger partial charge in [-0.05, 0) is 49.2 Å². The van der Waals surface area contributed by atoms with E-state index in [1.54, 1.807) is 0 Å². The largest absolute Gasteiger partial charge is 0.377 e. The molecule has 6 nitrogen and oxygen atoms in total. The first-order chi connectivity index (χ1) is 16.9. The van der Waals surface area contributed by atoms with Crippen molar-refractivity contribution in [2.45, 2.75) is 26.1 Å². The third-order valence-electron chi connectivity index (χ3n) is 6.49. The zero-order valence-corrected chi connectivity index (χ0v) is 20.6. The molecule has 6 heteroatoms. The van der Waals surface area contributed by atoms with E-state index >= 15 is 0 Å². The van der Waals surface area contributed by atoms with Crippen molar-refractivity contribution in [2.75, 3.05) is 37.0 Å². The Morgan fingerprint density at radius 3 is 2.14 bits per heavy atom. The van der Waals surface area contributed by atoms with Gasteiger partial charge < -0.3 is 14.5 Å². The number of fused-ring (bicyclic) bond motifs is 1. The van der Waals surface area contributed by atoms with Crippen molar-refractivity contribution in [3.05, 3.63) is 72.7 Å². The standard InChI is InChI=1S/C29H29N5O/c1-19-17-34(18-20(2)35-19)24-11-9-23(10-12-24)26-16-32-28-25(22-7-5-21(13-30)6-8-22)14-31-15-27(28)29(26)33(3)4/h5-12,14-16,19-20H,17-18H2,1-4H3. The van der Waals surface area contributed by atoms with E-state index in [4.69, 9.17) is 15.0 Å². The molecule has 35 heavy (non-hydrogen) atoms. The number of ether oxygens (including phenoxy) is 1. The number of anilines is 2. The summed E-state index contributed by atoms with van der Waals surface area (Å²) in [6.45, 7) is 6.05. The van der Waals surface area contributed by atoms with Crippen LogP contribution in [0, 0.1) is 11.3 Å². The maximum absolute atomic E-state index is 9.13. The molecule has 1 fully saturated rings. The van der Waals surface area contributed by atoms with Crippen molar-refractivity contribution >= 4 is 22.3 Å². The fraction of sp³-hybridized carbons (Fsp3) is 0.276. The van der Waals surface area contributed by atoms with Crippen LogP contribution in [0.2, 0.25) is 0 Å². The Morgan fingerprint density at radius 2 is 1.51 bits per heavy atom. The summed E-state index contributed by atoms with van der Waals surface area (Å²) in [5.41, 5.74) is 7.94. The molecule has 0 aliphatic carbocycles. The Kier molecular flexibility index (Phi) is 6.10. The summed E-state index contributed by atoms with van der Waals surface area (Å²) < 4.78 is 5.89. The summed E-state index contributed by atoms with van der Waals surface area (Å²) in [6.07, 6.45) is 6.13. The molecule has 1 saturated heterocycles. The van der Waals surface area contributed by atoms with Gasteiger partial charge in [-0.2, -0.15) is 5.26 Å². The predicted molar refractivity (Wildman–Crippen MR) is 142 cm³/mol. The van der Waals surface area contributed by atoms with Crippen molar-refractivity contribution in [2.24, 2.45) is 0 Å². The van der Waals surface area contributed by atoms with Crippen molar-refractivity contribution in [3.8, 4) is 28.3 Å². The lowest BCUT2D eigenvalue weighted by Crippen LogP contribution is -2.45. The van der Waals surface area contributed by atoms with Gasteiger partial charge in [0, 0.05) is 68.0 Å². The summed E-state index contributed by atoms with van der Waals surface area (Å²) >= 11 is 0. The zero-order chi connectivity index (χ0) is 24.5. The quantitative estimate of drug-likeness (QED) is 0.397. The van der Waals surface area contributed by atoms with Crippen LogP contribution in [0.1, 0.15) is 19.4 Å². The Bertz CT molecular complexity index is 1380. The number of nitrogens with zero attached hydrogens (tertiary/aromatic N) is 5. The topological polar surface area (TPSA) is 65.3 Å². The molecule has 0 spiro atoms. The van der Waals surface area contributed by atoms with Crippen LogP contribution in [0.3, 0.4) is 0 Å². The Balaban J connectivity index is 1.56. The lowest BCUT2D eigenvalue weighted by atomic mass is 9.98. The van der Waals surface area contributed by atoms with Gasteiger partial charge in [0.2, 0.25) is 0 Å². The molecule has 0 N–H and O–H groups in total. The molecule has 1 aliphatic heterocycles. The molecular formula is C29H29N5O. The van der Waals surface area contributed by atoms with E-state index in [9.17, 15) is 0 Å². The summed E-state index contributed by atoms with van der Waals surface area (Å²) in [7, 11) is 4.11. The summed E-state index contributed by atoms with van der Waals surface area (Å²) in [5.74, 6) is 0. The van der Waals surface area contributed by atoms with Gasteiger partial charge in [-0.25, -0.2) is 0 Å². The summed E-state index contributed by atoms with van der Waals surface area (Å²) in [6, 6.07) is 18.5. The van der Waals surface area contributed by atoms with Crippen LogP contribution in [0.4, 0.5) is 11.4 Å². The average molecular weight is 464 g/mol. The minimum absolute atomic E-state index is 0.223. The van der Waals surface area contributed by atoms with Gasteiger partial charge in [0.05, 0.1) is 35.0 Å². The SMILES string of the molecule is CC1CN(c2ccc(-c3cnc4c(-c5ccc(C#N)cc5)cncc4c3N(C)C)cc2)CC(C)O1. The first kappa shape index (κ1) is 22.8. The highest BCUT2D eigenvalue weighted by Crippen LogP contribution is 2.38. The number of aromatic nitrogens is 2. The van der Waals surface area contributed by atoms with Crippen LogP contribution in [0.25, 0.3) is 33.2 Å². The van der Waals surface area contributed by atoms with Crippen LogP contribution in [0.5, 0.6) is 0 Å². The molecule has 2 aromatic heterocycles. The second kappa shape index (κ2) is 9.36. The van der Waals surface area contributed by atoms with Gasteiger partial charge in [0.1, 0.15) is 0 Å². The Morgan fingerprint density at radius 1 is 0.886 bits per heavy atom. The van der Waals surface area contributed by atoms with Crippen molar-refractivity contribution in [3.63, 3.8) is 0 Å². The summed E-state index contributed by atoms with van der Waals surface area (Å²) in [5, 5.41) is 10.1. The number of hydrogen-bond donors (Lipinski definition) is 0. The minimum Gasteiger partial charge on any atom is -0.377 e. The molecule has 2 unspecified atom stereocenters. The van der Waals surface area contributed by atoms with Gasteiger partial charge in [0.25, 0.3) is 0 Å². The molecule has 0 bridgehead atoms. The molecular weight excluding hydrogens is 434 g/mol. The van der Waals surface area contributed by atoms with Crippen LogP contribution in [0.15, 0.2) is 67.1 Å². The van der Waals surface area contributed by atoms with Crippen molar-refractivity contribution in [1.82, 2.24) is 9.97 Å². The molecule has 1 aliphatic rings. The molecule has 176 valence electrons. The van der Waals surface area contributed by atoms with Gasteiger partial charge in [-0.3, -0.25) is 9.97 Å². The number of pyridine rings is 2. The molecule has 2 aromatic carbocycles. The third-order valence-corrected chi connectivity index (χ3v) is 6.49. The number of rotatable bonds is 4. The first-order valence-corrected chi connectivity index (χ1v) is 11.9. The second-order valence-electron chi connectivity index (χ2n) is 9.40. The summed E-state index contributed by atoms with van der Waals surface area (Å²) in [4.78, 5) is 14.0. The molecule has 0 saturated carbocycles. The fourth-order valence-corrected chi connectivity index (χ4v) is 4.97. The van der Waals surface area contributed by atoms with E-state index < -0.39 is 0 Å². The molecule has 3 heterocycles. The van der Waals surface area contributed by atoms with E-state index in [2.05, 4.69) is 73.1 Å². The third kappa shape index (κ3) is 4.43. The van der Waals surface area contributed by atoms with Crippen LogP contribution < -0.4 is 9.80 Å². The molecule has 0 radical (unpaired) electrons. The lowest BCUT2D eigenvalue weighted by Gasteiger charge is -2.37. The van der Waals surface area contributed by atoms with Crippen LogP contribution in [-0.2, 0) is 4.74 Å². The maximum atomic E-state index is 9.13. The molecule has 2 atom stereocenters. The second-order valence-corrected chi connectivity index (χ2v) is 9.40. The highest BCUT2D eigenvalue weighted by atomic mass is 16.5. The number of morpholine rings is 1. The lowest BCUT2D eigenvalue weighted by molar-refractivity contribution is -0.00521. The smallest absolute Gasteiger partial charge is 0.0991 e. The zero-order valence-electron chi connectivity index (χ0n) is 20.6. The average Bonchev–Trinajstić information content (AvgIpc) is 2.87. The monoisotopic (exact) mass is 463 g/mol. The van der Waals surface area contributed by atoms with Crippen molar-refractivity contribution in [1.29, 1.82) is 5.26 Å². The van der Waals surface area contributed by atoms with Crippen LogP contribution >= 0.6 is 0 Å². The van der Waals surface area contributed by atoms with E-state index in [0.717, 1.165) is 51.9 Å². The van der Waals surface area contributed by atoms with Gasteiger partial charge in [-0.15, -0.1) is 0 Å². The molecule has 0 amide bonds. The van der Waals surface area contributed by atoms with Gasteiger partial charge in [-0.1, -0.05) is 24.3 Å². The molecule has 5 rings (SSSR count). The minimum atomic E-state index is 0.223. The maximum Gasteiger partial charge on any atom is 0.0991 e. The Hall–Kier alpha value is -3.95. The fourth-order valence-electron chi connectivity index (χ4n) is 4.97. The van der Waals surface area contributed by atoms with E-state index in [1.165, 1.54) is 5.69 Å². The van der Waals surface area contributed by atoms with Crippen molar-refractivity contribution < 1.29 is 4.74 Å². The Labute approximate surface area is 206 Å². The highest BCUT2D eigenvalue weighted by molar-refractivity contribution is 6.04. The van der Waals surface area contributed by atoms with E-state index in [0.29, 0.717) is 5.56 Å². The molecule has 4 aromatic rings.